The standard InChI is InChI=1S/C18H21ClN2O3S2/c1-13(14-4-6-16(19)7-5-14)20-18(22)15-8-10-21(11-9-15)26(23,24)17-3-2-12-25-17/h2-7,12-13,15H,8-11H2,1H3,(H,20,22). The van der Waals surface area contributed by atoms with Crippen LogP contribution in [0.25, 0.3) is 0 Å². The molecule has 140 valence electrons. The minimum absolute atomic E-state index is 0.0272. The minimum Gasteiger partial charge on any atom is -0.349 e. The number of carbonyl (C=O) groups is 1. The van der Waals surface area contributed by atoms with E-state index in [1.807, 2.05) is 19.1 Å². The van der Waals surface area contributed by atoms with E-state index in [1.54, 1.807) is 29.6 Å². The summed E-state index contributed by atoms with van der Waals surface area (Å²) in [7, 11) is -3.43. The zero-order chi connectivity index (χ0) is 18.7. The fraction of sp³-hybridized carbons (Fsp3) is 0.389. The molecule has 5 nitrogen and oxygen atoms in total. The predicted molar refractivity (Wildman–Crippen MR) is 104 cm³/mol. The Labute approximate surface area is 163 Å². The van der Waals surface area contributed by atoms with E-state index in [-0.39, 0.29) is 17.9 Å². The van der Waals surface area contributed by atoms with Gasteiger partial charge in [-0.2, -0.15) is 4.31 Å². The van der Waals surface area contributed by atoms with Crippen LogP contribution in [0.5, 0.6) is 0 Å². The molecule has 1 saturated heterocycles. The van der Waals surface area contributed by atoms with E-state index >= 15 is 0 Å². The van der Waals surface area contributed by atoms with E-state index in [1.165, 1.54) is 15.6 Å². The third kappa shape index (κ3) is 4.28. The van der Waals surface area contributed by atoms with Crippen LogP contribution in [0.3, 0.4) is 0 Å². The molecule has 0 aliphatic carbocycles. The second-order valence-electron chi connectivity index (χ2n) is 6.39. The first kappa shape index (κ1) is 19.4. The first-order valence-electron chi connectivity index (χ1n) is 8.47. The van der Waals surface area contributed by atoms with Gasteiger partial charge in [0.2, 0.25) is 5.91 Å². The number of thiophene rings is 1. The normalized spacial score (nSPS) is 17.8. The van der Waals surface area contributed by atoms with Gasteiger partial charge < -0.3 is 5.32 Å². The molecule has 1 aromatic carbocycles. The Hall–Kier alpha value is -1.41. The van der Waals surface area contributed by atoms with Crippen molar-refractivity contribution in [2.24, 2.45) is 5.92 Å². The Balaban J connectivity index is 1.56. The van der Waals surface area contributed by atoms with Crippen molar-refractivity contribution in [3.8, 4) is 0 Å². The van der Waals surface area contributed by atoms with Gasteiger partial charge in [0.15, 0.2) is 0 Å². The summed E-state index contributed by atoms with van der Waals surface area (Å²) < 4.78 is 26.9. The highest BCUT2D eigenvalue weighted by Gasteiger charge is 2.32. The van der Waals surface area contributed by atoms with Crippen molar-refractivity contribution in [2.45, 2.75) is 30.0 Å². The maximum absolute atomic E-state index is 12.5. The van der Waals surface area contributed by atoms with Gasteiger partial charge in [-0.1, -0.05) is 29.8 Å². The average molecular weight is 413 g/mol. The number of amides is 1. The summed E-state index contributed by atoms with van der Waals surface area (Å²) in [5.74, 6) is -0.194. The van der Waals surface area contributed by atoms with Crippen molar-refractivity contribution in [3.63, 3.8) is 0 Å². The van der Waals surface area contributed by atoms with Crippen LogP contribution in [0.2, 0.25) is 5.02 Å². The molecule has 1 atom stereocenters. The summed E-state index contributed by atoms with van der Waals surface area (Å²) in [4.78, 5) is 12.5. The van der Waals surface area contributed by atoms with Gasteiger partial charge in [-0.05, 0) is 48.9 Å². The van der Waals surface area contributed by atoms with Crippen LogP contribution >= 0.6 is 22.9 Å². The Kier molecular flexibility index (Phi) is 6.02. The first-order chi connectivity index (χ1) is 12.4. The summed E-state index contributed by atoms with van der Waals surface area (Å²) in [6.45, 7) is 2.67. The molecule has 0 bridgehead atoms. The molecular weight excluding hydrogens is 392 g/mol. The van der Waals surface area contributed by atoms with Crippen LogP contribution in [-0.4, -0.2) is 31.7 Å². The monoisotopic (exact) mass is 412 g/mol. The maximum atomic E-state index is 12.5. The van der Waals surface area contributed by atoms with Gasteiger partial charge in [0, 0.05) is 24.0 Å². The number of piperidine rings is 1. The number of carbonyl (C=O) groups excluding carboxylic acids is 1. The smallest absolute Gasteiger partial charge is 0.252 e. The number of rotatable bonds is 5. The molecule has 1 fully saturated rings. The Morgan fingerprint density at radius 1 is 1.23 bits per heavy atom. The van der Waals surface area contributed by atoms with Crippen molar-refractivity contribution in [1.82, 2.24) is 9.62 Å². The zero-order valence-corrected chi connectivity index (χ0v) is 16.8. The van der Waals surface area contributed by atoms with Crippen molar-refractivity contribution in [2.75, 3.05) is 13.1 Å². The predicted octanol–water partition coefficient (Wildman–Crippen LogP) is 3.68. The van der Waals surface area contributed by atoms with Gasteiger partial charge >= 0.3 is 0 Å². The Bertz CT molecular complexity index is 843. The molecule has 1 N–H and O–H groups in total. The summed E-state index contributed by atoms with van der Waals surface area (Å²) in [5, 5.41) is 5.43. The van der Waals surface area contributed by atoms with E-state index in [2.05, 4.69) is 5.32 Å². The molecule has 2 aromatic rings. The van der Waals surface area contributed by atoms with Gasteiger partial charge in [-0.15, -0.1) is 11.3 Å². The zero-order valence-electron chi connectivity index (χ0n) is 14.4. The van der Waals surface area contributed by atoms with Gasteiger partial charge in [0.05, 0.1) is 6.04 Å². The van der Waals surface area contributed by atoms with Crippen LogP contribution in [0, 0.1) is 5.92 Å². The summed E-state index contributed by atoms with van der Waals surface area (Å²) >= 11 is 7.11. The summed E-state index contributed by atoms with van der Waals surface area (Å²) in [6.07, 6.45) is 1.06. The average Bonchev–Trinajstić information content (AvgIpc) is 3.18. The first-order valence-corrected chi connectivity index (χ1v) is 11.2. The fourth-order valence-electron chi connectivity index (χ4n) is 3.06. The quantitative estimate of drug-likeness (QED) is 0.814. The van der Waals surface area contributed by atoms with Crippen LogP contribution in [0.1, 0.15) is 31.4 Å². The number of nitrogens with zero attached hydrogens (tertiary/aromatic N) is 1. The van der Waals surface area contributed by atoms with E-state index in [0.717, 1.165) is 5.56 Å². The second kappa shape index (κ2) is 8.08. The lowest BCUT2D eigenvalue weighted by Gasteiger charge is -2.30. The molecule has 8 heteroatoms. The molecule has 2 heterocycles. The van der Waals surface area contributed by atoms with Gasteiger partial charge in [-0.3, -0.25) is 4.79 Å². The number of halogens is 1. The van der Waals surface area contributed by atoms with E-state index in [9.17, 15) is 13.2 Å². The molecule has 1 aliphatic rings. The number of hydrogen-bond acceptors (Lipinski definition) is 4. The third-order valence-electron chi connectivity index (χ3n) is 4.64. The minimum atomic E-state index is -3.43. The van der Waals surface area contributed by atoms with E-state index in [4.69, 9.17) is 11.6 Å². The highest BCUT2D eigenvalue weighted by Crippen LogP contribution is 2.27. The maximum Gasteiger partial charge on any atom is 0.252 e. The highest BCUT2D eigenvalue weighted by molar-refractivity contribution is 7.91. The Morgan fingerprint density at radius 2 is 1.88 bits per heavy atom. The topological polar surface area (TPSA) is 66.5 Å². The molecule has 1 unspecified atom stereocenters. The number of nitrogens with one attached hydrogen (secondary N) is 1. The van der Waals surface area contributed by atoms with E-state index in [0.29, 0.717) is 35.2 Å². The largest absolute Gasteiger partial charge is 0.349 e. The van der Waals surface area contributed by atoms with Crippen LogP contribution in [-0.2, 0) is 14.8 Å². The lowest BCUT2D eigenvalue weighted by atomic mass is 9.96. The van der Waals surface area contributed by atoms with Crippen molar-refractivity contribution < 1.29 is 13.2 Å². The lowest BCUT2D eigenvalue weighted by Crippen LogP contribution is -2.43. The fourth-order valence-corrected chi connectivity index (χ4v) is 5.80. The van der Waals surface area contributed by atoms with Crippen molar-refractivity contribution >= 4 is 38.9 Å². The molecule has 0 radical (unpaired) electrons. The summed E-state index contributed by atoms with van der Waals surface area (Å²) in [5.41, 5.74) is 0.987. The molecule has 26 heavy (non-hydrogen) atoms. The highest BCUT2D eigenvalue weighted by atomic mass is 35.5. The second-order valence-corrected chi connectivity index (χ2v) is 9.94. The van der Waals surface area contributed by atoms with Crippen molar-refractivity contribution in [3.05, 3.63) is 52.4 Å². The molecule has 0 spiro atoms. The third-order valence-corrected chi connectivity index (χ3v) is 8.17. The van der Waals surface area contributed by atoms with Crippen molar-refractivity contribution in [1.29, 1.82) is 0 Å². The number of benzene rings is 1. The van der Waals surface area contributed by atoms with Crippen LogP contribution in [0.4, 0.5) is 0 Å². The number of hydrogen-bond donors (Lipinski definition) is 1. The SMILES string of the molecule is CC(NC(=O)C1CCN(S(=O)(=O)c2cccs2)CC1)c1ccc(Cl)cc1. The Morgan fingerprint density at radius 3 is 2.46 bits per heavy atom. The van der Waals surface area contributed by atoms with Gasteiger partial charge in [0.25, 0.3) is 10.0 Å². The van der Waals surface area contributed by atoms with Gasteiger partial charge in [0.1, 0.15) is 4.21 Å². The van der Waals surface area contributed by atoms with E-state index < -0.39 is 10.0 Å². The number of sulfonamides is 1. The lowest BCUT2D eigenvalue weighted by molar-refractivity contribution is -0.126. The molecular formula is C18H21ClN2O3S2. The molecule has 3 rings (SSSR count). The molecule has 0 saturated carbocycles. The molecule has 1 aliphatic heterocycles. The molecule has 1 aromatic heterocycles. The molecule has 1 amide bonds. The van der Waals surface area contributed by atoms with Crippen LogP contribution < -0.4 is 5.32 Å². The summed E-state index contributed by atoms with van der Waals surface area (Å²) in [6, 6.07) is 10.6. The van der Waals surface area contributed by atoms with Crippen LogP contribution in [0.15, 0.2) is 46.0 Å². The van der Waals surface area contributed by atoms with Gasteiger partial charge in [-0.25, -0.2) is 8.42 Å².